The van der Waals surface area contributed by atoms with Crippen LogP contribution < -0.4 is 15.4 Å². The first-order chi connectivity index (χ1) is 12.2. The van der Waals surface area contributed by atoms with Crippen molar-refractivity contribution in [2.45, 2.75) is 25.8 Å². The minimum atomic E-state index is -2.97. The van der Waals surface area contributed by atoms with Crippen molar-refractivity contribution in [2.75, 3.05) is 19.0 Å². The number of hydrogen-bond donors (Lipinski definition) is 2. The minimum absolute atomic E-state index is 0.0935. The Labute approximate surface area is 155 Å². The number of alkyl halides is 2. The van der Waals surface area contributed by atoms with Gasteiger partial charge in [0.2, 0.25) is 0 Å². The number of nitrogens with one attached hydrogen (secondary N) is 2. The van der Waals surface area contributed by atoms with Crippen LogP contribution in [0.2, 0.25) is 5.02 Å². The normalized spacial score (nSPS) is 12.4. The summed E-state index contributed by atoms with van der Waals surface area (Å²) < 4.78 is 30.7. The van der Waals surface area contributed by atoms with Gasteiger partial charge in [-0.15, -0.1) is 0 Å². The molecule has 1 heterocycles. The van der Waals surface area contributed by atoms with E-state index in [0.717, 1.165) is 12.5 Å². The number of ether oxygens (including phenoxy) is 1. The minimum Gasteiger partial charge on any atom is -0.486 e. The molecule has 8 heteroatoms. The van der Waals surface area contributed by atoms with E-state index in [1.165, 1.54) is 18.2 Å². The van der Waals surface area contributed by atoms with E-state index in [1.54, 1.807) is 19.3 Å². The molecule has 0 aliphatic rings. The van der Waals surface area contributed by atoms with Gasteiger partial charge in [0.05, 0.1) is 11.1 Å². The second kappa shape index (κ2) is 8.31. The molecule has 0 saturated heterocycles. The molecule has 0 fully saturated rings. The molecule has 1 unspecified atom stereocenters. The van der Waals surface area contributed by atoms with Crippen LogP contribution in [0.25, 0.3) is 0 Å². The number of hydrogen-bond acceptors (Lipinski definition) is 4. The number of rotatable bonds is 7. The first-order valence-electron chi connectivity index (χ1n) is 7.94. The van der Waals surface area contributed by atoms with E-state index in [0.29, 0.717) is 11.4 Å². The lowest BCUT2D eigenvalue weighted by atomic mass is 10.1. The summed E-state index contributed by atoms with van der Waals surface area (Å²) in [7, 11) is 1.76. The number of carbonyl (C=O) groups is 1. The summed E-state index contributed by atoms with van der Waals surface area (Å²) in [6.07, 6.45) is 1.65. The number of pyridine rings is 1. The van der Waals surface area contributed by atoms with Crippen molar-refractivity contribution in [1.29, 1.82) is 0 Å². The molecule has 0 aliphatic heterocycles. The highest BCUT2D eigenvalue weighted by molar-refractivity contribution is 6.32. The van der Waals surface area contributed by atoms with Crippen LogP contribution in [0.3, 0.4) is 0 Å². The number of aromatic nitrogens is 1. The topological polar surface area (TPSA) is 63.2 Å². The Balaban J connectivity index is 2.06. The Bertz CT molecular complexity index is 781. The SMILES string of the molecule is CNc1cc(C(C)NC(=O)c2ccc(OCC(C)(F)F)c(Cl)c2)ccn1. The van der Waals surface area contributed by atoms with Gasteiger partial charge >= 0.3 is 0 Å². The van der Waals surface area contributed by atoms with Gasteiger partial charge in [-0.25, -0.2) is 13.8 Å². The maximum atomic E-state index is 12.9. The standard InChI is InChI=1S/C18H20ClF2N3O2/c1-11(12-6-7-23-16(9-12)22-3)24-17(25)13-4-5-15(14(19)8-13)26-10-18(2,20)21/h4-9,11H,10H2,1-3H3,(H,22,23)(H,24,25). The molecule has 1 amide bonds. The fourth-order valence-corrected chi connectivity index (χ4v) is 2.41. The van der Waals surface area contributed by atoms with Crippen LogP contribution >= 0.6 is 11.6 Å². The van der Waals surface area contributed by atoms with Crippen LogP contribution in [0.5, 0.6) is 5.75 Å². The average molecular weight is 384 g/mol. The lowest BCUT2D eigenvalue weighted by Crippen LogP contribution is -2.26. The molecule has 1 atom stereocenters. The summed E-state index contributed by atoms with van der Waals surface area (Å²) in [5.74, 6) is -2.51. The molecule has 0 aliphatic carbocycles. The molecule has 1 aromatic carbocycles. The van der Waals surface area contributed by atoms with E-state index >= 15 is 0 Å². The molecule has 0 bridgehead atoms. The summed E-state index contributed by atoms with van der Waals surface area (Å²) in [6.45, 7) is 1.81. The van der Waals surface area contributed by atoms with Crippen molar-refractivity contribution in [3.8, 4) is 5.75 Å². The molecule has 0 saturated carbocycles. The molecule has 1 aromatic heterocycles. The van der Waals surface area contributed by atoms with Gasteiger partial charge in [-0.1, -0.05) is 11.6 Å². The second-order valence-corrected chi connectivity index (χ2v) is 6.33. The third-order valence-corrected chi connectivity index (χ3v) is 3.86. The van der Waals surface area contributed by atoms with Crippen molar-refractivity contribution in [3.05, 3.63) is 52.7 Å². The Morgan fingerprint density at radius 3 is 2.69 bits per heavy atom. The maximum absolute atomic E-state index is 12.9. The Hall–Kier alpha value is -2.41. The Kier molecular flexibility index (Phi) is 6.37. The van der Waals surface area contributed by atoms with Gasteiger partial charge in [-0.2, -0.15) is 0 Å². The predicted octanol–water partition coefficient (Wildman–Crippen LogP) is 4.30. The summed E-state index contributed by atoms with van der Waals surface area (Å²) in [6, 6.07) is 7.65. The van der Waals surface area contributed by atoms with Gasteiger partial charge in [-0.3, -0.25) is 4.79 Å². The summed E-state index contributed by atoms with van der Waals surface area (Å²) >= 11 is 6.03. The molecule has 2 N–H and O–H groups in total. The zero-order chi connectivity index (χ0) is 19.3. The lowest BCUT2D eigenvalue weighted by Gasteiger charge is -2.16. The largest absolute Gasteiger partial charge is 0.486 e. The fourth-order valence-electron chi connectivity index (χ4n) is 2.18. The summed E-state index contributed by atoms with van der Waals surface area (Å²) in [4.78, 5) is 16.5. The molecular weight excluding hydrogens is 364 g/mol. The fraction of sp³-hybridized carbons (Fsp3) is 0.333. The quantitative estimate of drug-likeness (QED) is 0.748. The highest BCUT2D eigenvalue weighted by atomic mass is 35.5. The Morgan fingerprint density at radius 1 is 1.35 bits per heavy atom. The molecule has 2 rings (SSSR count). The summed E-state index contributed by atoms with van der Waals surface area (Å²) in [5.41, 5.74) is 1.19. The van der Waals surface area contributed by atoms with Gasteiger partial charge in [-0.05, 0) is 42.8 Å². The Morgan fingerprint density at radius 2 is 2.08 bits per heavy atom. The van der Waals surface area contributed by atoms with Crippen LogP contribution in [0, 0.1) is 0 Å². The monoisotopic (exact) mass is 383 g/mol. The molecule has 2 aromatic rings. The van der Waals surface area contributed by atoms with Crippen molar-refractivity contribution >= 4 is 23.3 Å². The van der Waals surface area contributed by atoms with Crippen LogP contribution in [0.4, 0.5) is 14.6 Å². The van der Waals surface area contributed by atoms with E-state index in [2.05, 4.69) is 15.6 Å². The van der Waals surface area contributed by atoms with E-state index in [1.807, 2.05) is 13.0 Å². The van der Waals surface area contributed by atoms with Gasteiger partial charge in [0, 0.05) is 25.7 Å². The second-order valence-electron chi connectivity index (χ2n) is 5.92. The number of carbonyl (C=O) groups excluding carboxylic acids is 1. The van der Waals surface area contributed by atoms with Gasteiger partial charge in [0.25, 0.3) is 11.8 Å². The van der Waals surface area contributed by atoms with Gasteiger partial charge < -0.3 is 15.4 Å². The van der Waals surface area contributed by atoms with Crippen molar-refractivity contribution in [2.24, 2.45) is 0 Å². The third-order valence-electron chi connectivity index (χ3n) is 3.56. The average Bonchev–Trinajstić information content (AvgIpc) is 2.59. The zero-order valence-electron chi connectivity index (χ0n) is 14.6. The smallest absolute Gasteiger partial charge is 0.278 e. The first kappa shape index (κ1) is 19.9. The molecule has 140 valence electrons. The number of halogens is 3. The molecule has 26 heavy (non-hydrogen) atoms. The van der Waals surface area contributed by atoms with E-state index in [-0.39, 0.29) is 22.7 Å². The number of nitrogens with zero attached hydrogens (tertiary/aromatic N) is 1. The van der Waals surface area contributed by atoms with E-state index in [4.69, 9.17) is 16.3 Å². The molecule has 0 radical (unpaired) electrons. The third kappa shape index (κ3) is 5.56. The highest BCUT2D eigenvalue weighted by Gasteiger charge is 2.23. The van der Waals surface area contributed by atoms with Crippen molar-refractivity contribution in [1.82, 2.24) is 10.3 Å². The van der Waals surface area contributed by atoms with E-state index < -0.39 is 12.5 Å². The maximum Gasteiger partial charge on any atom is 0.278 e. The van der Waals surface area contributed by atoms with Gasteiger partial charge in [0.1, 0.15) is 11.6 Å². The van der Waals surface area contributed by atoms with Crippen LogP contribution in [0.15, 0.2) is 36.5 Å². The predicted molar refractivity (Wildman–Crippen MR) is 97.2 cm³/mol. The molecule has 0 spiro atoms. The first-order valence-corrected chi connectivity index (χ1v) is 8.32. The number of anilines is 1. The van der Waals surface area contributed by atoms with Crippen LogP contribution in [0.1, 0.15) is 35.8 Å². The number of amides is 1. The lowest BCUT2D eigenvalue weighted by molar-refractivity contribution is -0.0229. The highest BCUT2D eigenvalue weighted by Crippen LogP contribution is 2.27. The van der Waals surface area contributed by atoms with Gasteiger partial charge in [0.15, 0.2) is 6.61 Å². The molecule has 5 nitrogen and oxygen atoms in total. The summed E-state index contributed by atoms with van der Waals surface area (Å²) in [5, 5.41) is 5.88. The van der Waals surface area contributed by atoms with Crippen molar-refractivity contribution in [3.63, 3.8) is 0 Å². The van der Waals surface area contributed by atoms with Crippen LogP contribution in [-0.2, 0) is 0 Å². The van der Waals surface area contributed by atoms with Crippen LogP contribution in [-0.4, -0.2) is 30.5 Å². The molecular formula is C18H20ClF2N3O2. The zero-order valence-corrected chi connectivity index (χ0v) is 15.4. The number of benzene rings is 1. The van der Waals surface area contributed by atoms with E-state index in [9.17, 15) is 13.6 Å². The van der Waals surface area contributed by atoms with Crippen molar-refractivity contribution < 1.29 is 18.3 Å².